The number of aliphatic hydroxyl groups excluding tert-OH is 2. The Bertz CT molecular complexity index is 874. The first-order chi connectivity index (χ1) is 15.0. The van der Waals surface area contributed by atoms with Gasteiger partial charge in [-0.3, -0.25) is 4.79 Å². The molecule has 1 saturated carbocycles. The predicted molar refractivity (Wildman–Crippen MR) is 122 cm³/mol. The average molecular weight is 428 g/mol. The standard InChI is InChI=1S/C26H34FNO3/c1-2-28-26(31)12-6-4-3-5-11-22-21(23(27)17-25(22)30)13-14-24(29)20-15-18-9-7-8-10-19(18)16-20/h3,5,7-10,13-16,20-25,29-30H,2,4,6,11-12,17H2,1H3,(H,28,31)/b5-3-,14-13+/t21-,22-,23-,24+,25+/m1/s1. The van der Waals surface area contributed by atoms with Gasteiger partial charge in [0.05, 0.1) is 12.2 Å². The fourth-order valence-electron chi connectivity index (χ4n) is 4.55. The maximum atomic E-state index is 14.5. The quantitative estimate of drug-likeness (QED) is 0.397. The van der Waals surface area contributed by atoms with Crippen molar-refractivity contribution in [2.45, 2.75) is 57.4 Å². The zero-order valence-electron chi connectivity index (χ0n) is 18.2. The maximum absolute atomic E-state index is 14.5. The Hall–Kier alpha value is -2.24. The number of amides is 1. The lowest BCUT2D eigenvalue weighted by molar-refractivity contribution is -0.121. The Labute approximate surface area is 183 Å². The van der Waals surface area contributed by atoms with Gasteiger partial charge in [-0.2, -0.15) is 0 Å². The minimum Gasteiger partial charge on any atom is -0.393 e. The van der Waals surface area contributed by atoms with E-state index in [1.165, 1.54) is 0 Å². The molecule has 1 aromatic rings. The van der Waals surface area contributed by atoms with Gasteiger partial charge in [0.15, 0.2) is 0 Å². The molecule has 168 valence electrons. The molecule has 0 radical (unpaired) electrons. The molecular formula is C26H34FNO3. The first kappa shape index (κ1) is 23.4. The monoisotopic (exact) mass is 427 g/mol. The van der Waals surface area contributed by atoms with Crippen molar-refractivity contribution in [1.29, 1.82) is 0 Å². The highest BCUT2D eigenvalue weighted by molar-refractivity contribution is 5.75. The van der Waals surface area contributed by atoms with E-state index in [2.05, 4.69) is 5.32 Å². The molecule has 2 aliphatic rings. The van der Waals surface area contributed by atoms with Crippen LogP contribution in [0.3, 0.4) is 0 Å². The predicted octanol–water partition coefficient (Wildman–Crippen LogP) is 2.38. The maximum Gasteiger partial charge on any atom is 0.219 e. The van der Waals surface area contributed by atoms with Gasteiger partial charge in [-0.1, -0.05) is 60.7 Å². The van der Waals surface area contributed by atoms with E-state index in [4.69, 9.17) is 0 Å². The van der Waals surface area contributed by atoms with Gasteiger partial charge in [0.25, 0.3) is 0 Å². The third-order valence-electron chi connectivity index (χ3n) is 6.26. The number of carbonyl (C=O) groups is 1. The molecule has 0 aliphatic heterocycles. The van der Waals surface area contributed by atoms with Crippen molar-refractivity contribution in [1.82, 2.24) is 5.32 Å². The van der Waals surface area contributed by atoms with Crippen LogP contribution in [0.4, 0.5) is 4.39 Å². The van der Waals surface area contributed by atoms with Gasteiger partial charge in [0, 0.05) is 31.2 Å². The number of allylic oxidation sites excluding steroid dienone is 3. The number of unbranched alkanes of at least 4 members (excludes halogenated alkanes) is 1. The average Bonchev–Trinajstić information content (AvgIpc) is 3.29. The smallest absolute Gasteiger partial charge is 0.219 e. The topological polar surface area (TPSA) is 69.6 Å². The summed E-state index contributed by atoms with van der Waals surface area (Å²) in [6.45, 7) is 2.54. The highest BCUT2D eigenvalue weighted by atomic mass is 19.1. The van der Waals surface area contributed by atoms with Crippen LogP contribution in [-0.4, -0.2) is 41.0 Å². The number of fused-ring (bicyclic) bond motifs is 1. The molecule has 0 bridgehead atoms. The lowest BCUT2D eigenvalue weighted by Gasteiger charge is -2.19. The molecule has 2 aliphatic carbocycles. The summed E-state index contributed by atoms with van der Waals surface area (Å²) in [5.41, 5.74) is 0. The van der Waals surface area contributed by atoms with Gasteiger partial charge in [0.2, 0.25) is 5.91 Å². The second kappa shape index (κ2) is 11.4. The number of hydrogen-bond acceptors (Lipinski definition) is 3. The first-order valence-electron chi connectivity index (χ1n) is 11.4. The van der Waals surface area contributed by atoms with Crippen LogP contribution < -0.4 is 15.8 Å². The number of benzene rings is 1. The van der Waals surface area contributed by atoms with Crippen LogP contribution in [-0.2, 0) is 4.79 Å². The molecule has 0 unspecified atom stereocenters. The molecule has 3 rings (SSSR count). The third kappa shape index (κ3) is 6.37. The molecule has 5 heteroatoms. The molecule has 0 heterocycles. The zero-order chi connectivity index (χ0) is 22.2. The molecule has 0 saturated heterocycles. The molecular weight excluding hydrogens is 393 g/mol. The number of aliphatic hydroxyl groups is 2. The first-order valence-corrected chi connectivity index (χ1v) is 11.4. The minimum absolute atomic E-state index is 0.0611. The van der Waals surface area contributed by atoms with Gasteiger partial charge < -0.3 is 15.5 Å². The molecule has 5 atom stereocenters. The van der Waals surface area contributed by atoms with E-state index in [1.54, 1.807) is 12.2 Å². The summed E-state index contributed by atoms with van der Waals surface area (Å²) in [5, 5.41) is 25.9. The molecule has 0 spiro atoms. The van der Waals surface area contributed by atoms with Gasteiger partial charge in [-0.05, 0) is 42.5 Å². The van der Waals surface area contributed by atoms with Crippen LogP contribution in [0.25, 0.3) is 12.2 Å². The number of hydrogen-bond donors (Lipinski definition) is 3. The van der Waals surface area contributed by atoms with E-state index in [9.17, 15) is 19.4 Å². The molecule has 1 amide bonds. The summed E-state index contributed by atoms with van der Waals surface area (Å²) >= 11 is 0. The Morgan fingerprint density at radius 2 is 1.97 bits per heavy atom. The Kier molecular flexibility index (Phi) is 8.61. The van der Waals surface area contributed by atoms with E-state index in [0.29, 0.717) is 19.4 Å². The summed E-state index contributed by atoms with van der Waals surface area (Å²) in [6, 6.07) is 7.98. The van der Waals surface area contributed by atoms with Gasteiger partial charge in [-0.25, -0.2) is 4.39 Å². The van der Waals surface area contributed by atoms with Crippen LogP contribution in [0.1, 0.15) is 39.0 Å². The number of alkyl halides is 1. The largest absolute Gasteiger partial charge is 0.393 e. The minimum atomic E-state index is -1.11. The van der Waals surface area contributed by atoms with E-state index in [-0.39, 0.29) is 24.2 Å². The van der Waals surface area contributed by atoms with Crippen molar-refractivity contribution < 1.29 is 19.4 Å². The number of carbonyl (C=O) groups excluding carboxylic acids is 1. The van der Waals surface area contributed by atoms with E-state index in [1.807, 2.05) is 55.5 Å². The summed E-state index contributed by atoms with van der Waals surface area (Å²) < 4.78 is 14.5. The SMILES string of the molecule is CCNC(=O)CCC/C=C\C[C@@H]1[C@@H](/C=C/[C@H](O)C2C=c3ccccc3=C2)[C@H](F)C[C@@H]1O. The summed E-state index contributed by atoms with van der Waals surface area (Å²) in [5.74, 6) is -0.674. The molecule has 0 aromatic heterocycles. The van der Waals surface area contributed by atoms with Crippen molar-refractivity contribution in [3.05, 3.63) is 59.0 Å². The van der Waals surface area contributed by atoms with Gasteiger partial charge in [-0.15, -0.1) is 0 Å². The Balaban J connectivity index is 1.52. The third-order valence-corrected chi connectivity index (χ3v) is 6.26. The Morgan fingerprint density at radius 3 is 2.65 bits per heavy atom. The molecule has 1 aromatic carbocycles. The van der Waals surface area contributed by atoms with Crippen molar-refractivity contribution in [2.75, 3.05) is 6.54 Å². The van der Waals surface area contributed by atoms with Crippen LogP contribution in [0.2, 0.25) is 0 Å². The fourth-order valence-corrected chi connectivity index (χ4v) is 4.55. The molecule has 31 heavy (non-hydrogen) atoms. The second-order valence-electron chi connectivity index (χ2n) is 8.53. The lowest BCUT2D eigenvalue weighted by Crippen LogP contribution is -2.21. The molecule has 3 N–H and O–H groups in total. The van der Waals surface area contributed by atoms with Crippen LogP contribution >= 0.6 is 0 Å². The number of halogens is 1. The van der Waals surface area contributed by atoms with Crippen molar-refractivity contribution in [3.63, 3.8) is 0 Å². The van der Waals surface area contributed by atoms with Crippen LogP contribution in [0, 0.1) is 17.8 Å². The molecule has 4 nitrogen and oxygen atoms in total. The lowest BCUT2D eigenvalue weighted by atomic mass is 9.89. The van der Waals surface area contributed by atoms with E-state index < -0.39 is 24.3 Å². The van der Waals surface area contributed by atoms with E-state index in [0.717, 1.165) is 23.3 Å². The second-order valence-corrected chi connectivity index (χ2v) is 8.53. The van der Waals surface area contributed by atoms with Crippen molar-refractivity contribution in [2.24, 2.45) is 17.8 Å². The normalized spacial score (nSPS) is 26.7. The fraction of sp³-hybridized carbons (Fsp3) is 0.500. The molecule has 1 fully saturated rings. The van der Waals surface area contributed by atoms with Gasteiger partial charge >= 0.3 is 0 Å². The van der Waals surface area contributed by atoms with Crippen LogP contribution in [0.15, 0.2) is 48.6 Å². The van der Waals surface area contributed by atoms with Crippen LogP contribution in [0.5, 0.6) is 0 Å². The number of nitrogens with one attached hydrogen (secondary N) is 1. The zero-order valence-corrected chi connectivity index (χ0v) is 18.2. The van der Waals surface area contributed by atoms with E-state index >= 15 is 0 Å². The Morgan fingerprint density at radius 1 is 1.26 bits per heavy atom. The van der Waals surface area contributed by atoms with Crippen molar-refractivity contribution >= 4 is 18.1 Å². The van der Waals surface area contributed by atoms with Gasteiger partial charge in [0.1, 0.15) is 6.17 Å². The highest BCUT2D eigenvalue weighted by Crippen LogP contribution is 2.38. The summed E-state index contributed by atoms with van der Waals surface area (Å²) in [6.07, 6.45) is 11.7. The number of rotatable bonds is 10. The van der Waals surface area contributed by atoms with Crippen molar-refractivity contribution in [3.8, 4) is 0 Å². The summed E-state index contributed by atoms with van der Waals surface area (Å²) in [7, 11) is 0. The highest BCUT2D eigenvalue weighted by Gasteiger charge is 2.40. The summed E-state index contributed by atoms with van der Waals surface area (Å²) in [4.78, 5) is 11.5.